The van der Waals surface area contributed by atoms with Crippen molar-refractivity contribution in [2.75, 3.05) is 0 Å². The molecule has 0 radical (unpaired) electrons. The quantitative estimate of drug-likeness (QED) is 0.405. The van der Waals surface area contributed by atoms with Crippen LogP contribution in [-0.4, -0.2) is 0 Å². The van der Waals surface area contributed by atoms with Gasteiger partial charge in [-0.15, -0.1) is 10.5 Å². The van der Waals surface area contributed by atoms with Gasteiger partial charge in [0.25, 0.3) is 12.5 Å². The number of ether oxygens (including phenoxy) is 2. The second-order valence-corrected chi connectivity index (χ2v) is 13.4. The highest BCUT2D eigenvalue weighted by Gasteiger charge is 2.70. The van der Waals surface area contributed by atoms with E-state index in [-0.39, 0.29) is 21.7 Å². The van der Waals surface area contributed by atoms with E-state index in [0.29, 0.717) is 16.9 Å². The number of aryl methyl sites for hydroxylation is 2. The monoisotopic (exact) mass is 482 g/mol. The Balaban J connectivity index is 1.71. The van der Waals surface area contributed by atoms with Crippen molar-refractivity contribution in [3.05, 3.63) is 58.7 Å². The minimum absolute atomic E-state index is 0.0870. The summed E-state index contributed by atoms with van der Waals surface area (Å²) in [6.07, 6.45) is 12.2. The molecule has 2 aromatic rings. The van der Waals surface area contributed by atoms with Crippen molar-refractivity contribution >= 4 is 0 Å². The Hall–Kier alpha value is -2.98. The van der Waals surface area contributed by atoms with Gasteiger partial charge in [0.15, 0.2) is 0 Å². The molecule has 4 bridgehead atoms. The van der Waals surface area contributed by atoms with Crippen LogP contribution in [0.15, 0.2) is 36.4 Å². The Morgan fingerprint density at radius 2 is 1.22 bits per heavy atom. The first kappa shape index (κ1) is 24.7. The maximum Gasteiger partial charge on any atom is 0.292 e. The fourth-order valence-electron chi connectivity index (χ4n) is 8.92. The molecule has 4 nitrogen and oxygen atoms in total. The maximum absolute atomic E-state index is 9.07. The average Bonchev–Trinajstić information content (AvgIpc) is 2.80. The maximum atomic E-state index is 9.07. The van der Waals surface area contributed by atoms with Crippen molar-refractivity contribution in [3.8, 4) is 24.0 Å². The molecule has 0 heterocycles. The highest BCUT2D eigenvalue weighted by Crippen LogP contribution is 2.78. The predicted octanol–water partition coefficient (Wildman–Crippen LogP) is 8.01. The molecule has 0 N–H and O–H groups in total. The summed E-state index contributed by atoms with van der Waals surface area (Å²) in [5.41, 5.74) is 5.77. The first-order valence-corrected chi connectivity index (χ1v) is 13.3. The molecule has 4 aliphatic carbocycles. The molecule has 4 heteroatoms. The summed E-state index contributed by atoms with van der Waals surface area (Å²) in [6, 6.07) is 13.1. The zero-order valence-electron chi connectivity index (χ0n) is 22.6. The van der Waals surface area contributed by atoms with Gasteiger partial charge in [0.1, 0.15) is 11.5 Å². The smallest absolute Gasteiger partial charge is 0.292 e. The van der Waals surface area contributed by atoms with Crippen LogP contribution >= 0.6 is 0 Å². The summed E-state index contributed by atoms with van der Waals surface area (Å²) in [7, 11) is 0. The van der Waals surface area contributed by atoms with E-state index in [2.05, 4.69) is 65.8 Å². The molecule has 2 aromatic carbocycles. The van der Waals surface area contributed by atoms with Gasteiger partial charge in [0, 0.05) is 0 Å². The van der Waals surface area contributed by atoms with Crippen LogP contribution in [0.1, 0.15) is 94.9 Å². The van der Waals surface area contributed by atoms with E-state index in [1.165, 1.54) is 49.7 Å². The lowest BCUT2D eigenvalue weighted by atomic mass is 9.30. The lowest BCUT2D eigenvalue weighted by Crippen LogP contribution is -2.66. The molecule has 2 atom stereocenters. The highest BCUT2D eigenvalue weighted by atomic mass is 16.5. The molecule has 4 fully saturated rings. The zero-order valence-corrected chi connectivity index (χ0v) is 22.6. The third kappa shape index (κ3) is 3.53. The van der Waals surface area contributed by atoms with E-state index < -0.39 is 0 Å². The second-order valence-electron chi connectivity index (χ2n) is 13.4. The van der Waals surface area contributed by atoms with E-state index in [9.17, 15) is 0 Å². The van der Waals surface area contributed by atoms with E-state index in [1.54, 1.807) is 0 Å². The van der Waals surface area contributed by atoms with Crippen LogP contribution in [0, 0.1) is 53.1 Å². The molecule has 188 valence electrons. The number of hydrogen-bond donors (Lipinski definition) is 0. The lowest BCUT2D eigenvalue weighted by molar-refractivity contribution is -0.183. The van der Waals surface area contributed by atoms with Crippen molar-refractivity contribution < 1.29 is 9.47 Å². The third-order valence-corrected chi connectivity index (χ3v) is 10.4. The number of benzene rings is 2. The molecule has 4 saturated carbocycles. The summed E-state index contributed by atoms with van der Waals surface area (Å²) in [5, 5.41) is 18.1. The molecular weight excluding hydrogens is 444 g/mol. The van der Waals surface area contributed by atoms with Gasteiger partial charge in [-0.05, 0) is 114 Å². The van der Waals surface area contributed by atoms with Gasteiger partial charge < -0.3 is 9.47 Å². The molecule has 2 unspecified atom stereocenters. The molecule has 0 saturated heterocycles. The topological polar surface area (TPSA) is 66.0 Å². The van der Waals surface area contributed by atoms with Gasteiger partial charge in [-0.2, -0.15) is 0 Å². The van der Waals surface area contributed by atoms with Gasteiger partial charge in [-0.25, -0.2) is 0 Å². The molecule has 0 amide bonds. The minimum Gasteiger partial charge on any atom is -0.388 e. The summed E-state index contributed by atoms with van der Waals surface area (Å²) in [5.74, 6) is 1.31. The van der Waals surface area contributed by atoms with Gasteiger partial charge in [-0.3, -0.25) is 0 Å². The van der Waals surface area contributed by atoms with Crippen LogP contribution in [0.4, 0.5) is 0 Å². The third-order valence-electron chi connectivity index (χ3n) is 10.4. The Morgan fingerprint density at radius 1 is 0.750 bits per heavy atom. The molecular formula is C32H38N2O2. The largest absolute Gasteiger partial charge is 0.388 e. The molecule has 36 heavy (non-hydrogen) atoms. The summed E-state index contributed by atoms with van der Waals surface area (Å²) < 4.78 is 10.5. The Morgan fingerprint density at radius 3 is 1.58 bits per heavy atom. The number of nitrogens with zero attached hydrogens (tertiary/aromatic N) is 2. The Labute approximate surface area is 216 Å². The van der Waals surface area contributed by atoms with E-state index >= 15 is 0 Å². The summed E-state index contributed by atoms with van der Waals surface area (Å²) in [4.78, 5) is 0. The van der Waals surface area contributed by atoms with Gasteiger partial charge in [-0.1, -0.05) is 58.4 Å². The zero-order chi connectivity index (χ0) is 26.0. The fraction of sp³-hybridized carbons (Fsp3) is 0.562. The minimum atomic E-state index is 0.0870. The molecule has 0 spiro atoms. The normalized spacial score (nSPS) is 32.6. The van der Waals surface area contributed by atoms with Crippen LogP contribution < -0.4 is 9.47 Å². The van der Waals surface area contributed by atoms with E-state index in [1.807, 2.05) is 24.6 Å². The Bertz CT molecular complexity index is 1210. The molecule has 0 aromatic heterocycles. The molecule has 0 aliphatic heterocycles. The first-order chi connectivity index (χ1) is 16.9. The molecule has 4 aliphatic rings. The number of nitriles is 2. The van der Waals surface area contributed by atoms with Crippen LogP contribution in [0.2, 0.25) is 0 Å². The van der Waals surface area contributed by atoms with E-state index in [0.717, 1.165) is 17.5 Å². The second kappa shape index (κ2) is 8.01. The number of hydrogen-bond acceptors (Lipinski definition) is 4. The summed E-state index contributed by atoms with van der Waals surface area (Å²) in [6.45, 7) is 13.9. The van der Waals surface area contributed by atoms with Crippen LogP contribution in [0.5, 0.6) is 11.5 Å². The average molecular weight is 483 g/mol. The van der Waals surface area contributed by atoms with Crippen molar-refractivity contribution in [1.29, 1.82) is 10.5 Å². The predicted molar refractivity (Wildman–Crippen MR) is 141 cm³/mol. The van der Waals surface area contributed by atoms with Crippen molar-refractivity contribution in [1.82, 2.24) is 0 Å². The van der Waals surface area contributed by atoms with Gasteiger partial charge in [0.2, 0.25) is 0 Å². The van der Waals surface area contributed by atoms with Crippen LogP contribution in [0.25, 0.3) is 0 Å². The van der Waals surface area contributed by atoms with Crippen LogP contribution in [0.3, 0.4) is 0 Å². The standard InChI is InChI=1S/C32H38N2O2/c1-7-29-14-30(24-8-10-26(35-20-33)22(2)12-24)17-31(15-29,19-32(16-29,18-30)28(4,5)6)25-9-11-27(36-21-34)23(3)13-25/h8-13H,7,14-19H2,1-6H3. The number of rotatable bonds is 5. The molecule has 6 rings (SSSR count). The van der Waals surface area contributed by atoms with Crippen LogP contribution in [-0.2, 0) is 10.8 Å². The van der Waals surface area contributed by atoms with Crippen molar-refractivity contribution in [2.24, 2.45) is 16.2 Å². The van der Waals surface area contributed by atoms with E-state index in [4.69, 9.17) is 20.0 Å². The lowest BCUT2D eigenvalue weighted by Gasteiger charge is -2.74. The Kier molecular flexibility index (Phi) is 5.50. The van der Waals surface area contributed by atoms with Gasteiger partial charge in [0.05, 0.1) is 0 Å². The SMILES string of the molecule is CCC12CC3(c4ccc(OC#N)c(C)c4)CC(c4ccc(OC#N)c(C)c4)(C1)CC(C(C)(C)C)(C2)C3. The van der Waals surface area contributed by atoms with Crippen molar-refractivity contribution in [2.45, 2.75) is 97.3 Å². The fourth-order valence-corrected chi connectivity index (χ4v) is 8.92. The first-order valence-electron chi connectivity index (χ1n) is 13.3. The highest BCUT2D eigenvalue weighted by molar-refractivity contribution is 5.47. The van der Waals surface area contributed by atoms with Gasteiger partial charge >= 0.3 is 0 Å². The van der Waals surface area contributed by atoms with Crippen molar-refractivity contribution in [3.63, 3.8) is 0 Å². The summed E-state index contributed by atoms with van der Waals surface area (Å²) >= 11 is 0.